The third kappa shape index (κ3) is 5.86. The van der Waals surface area contributed by atoms with Gasteiger partial charge in [0.25, 0.3) is 0 Å². The Balaban J connectivity index is 0.00000300. The molecule has 1 aromatic carbocycles. The molecule has 164 valence electrons. The van der Waals surface area contributed by atoms with Gasteiger partial charge in [0.1, 0.15) is 0 Å². The molecule has 2 aliphatic rings. The second-order valence-corrected chi connectivity index (χ2v) is 8.11. The SMILES string of the molecule is Cl.NC(C(=O)NCC1(c2cccc(C(F)(F)F)c2)CCCCC1)C1CCOCC1. The van der Waals surface area contributed by atoms with Gasteiger partial charge in [0, 0.05) is 25.2 Å². The van der Waals surface area contributed by atoms with Gasteiger partial charge in [0.15, 0.2) is 0 Å². The summed E-state index contributed by atoms with van der Waals surface area (Å²) in [6.45, 7) is 1.55. The minimum absolute atomic E-state index is 0. The Morgan fingerprint density at radius 1 is 1.21 bits per heavy atom. The number of nitrogens with one attached hydrogen (secondary N) is 1. The second-order valence-electron chi connectivity index (χ2n) is 8.11. The van der Waals surface area contributed by atoms with Gasteiger partial charge in [0.2, 0.25) is 5.91 Å². The van der Waals surface area contributed by atoms with Gasteiger partial charge in [-0.2, -0.15) is 13.2 Å². The summed E-state index contributed by atoms with van der Waals surface area (Å²) in [6, 6.07) is 4.95. The van der Waals surface area contributed by atoms with Crippen LogP contribution in [0.4, 0.5) is 13.2 Å². The molecule has 1 saturated heterocycles. The molecule has 1 atom stereocenters. The minimum Gasteiger partial charge on any atom is -0.381 e. The second kappa shape index (κ2) is 10.1. The minimum atomic E-state index is -4.37. The van der Waals surface area contributed by atoms with Crippen molar-refractivity contribution in [2.24, 2.45) is 11.7 Å². The van der Waals surface area contributed by atoms with Gasteiger partial charge < -0.3 is 15.8 Å². The Labute approximate surface area is 176 Å². The molecule has 0 aromatic heterocycles. The highest BCUT2D eigenvalue weighted by Crippen LogP contribution is 2.41. The van der Waals surface area contributed by atoms with Crippen LogP contribution in [-0.2, 0) is 21.1 Å². The van der Waals surface area contributed by atoms with Crippen LogP contribution >= 0.6 is 12.4 Å². The molecule has 0 radical (unpaired) electrons. The third-order valence-electron chi connectivity index (χ3n) is 6.29. The molecule has 1 aromatic rings. The molecule has 1 amide bonds. The molecule has 1 unspecified atom stereocenters. The quantitative estimate of drug-likeness (QED) is 0.730. The Morgan fingerprint density at radius 3 is 2.48 bits per heavy atom. The van der Waals surface area contributed by atoms with Gasteiger partial charge in [-0.15, -0.1) is 12.4 Å². The zero-order chi connectivity index (χ0) is 20.2. The van der Waals surface area contributed by atoms with Crippen LogP contribution in [0.1, 0.15) is 56.1 Å². The monoisotopic (exact) mass is 434 g/mol. The molecule has 3 rings (SSSR count). The van der Waals surface area contributed by atoms with E-state index < -0.39 is 23.2 Å². The zero-order valence-electron chi connectivity index (χ0n) is 16.5. The third-order valence-corrected chi connectivity index (χ3v) is 6.29. The molecule has 29 heavy (non-hydrogen) atoms. The molecule has 1 heterocycles. The first-order valence-electron chi connectivity index (χ1n) is 10.1. The Kier molecular flexibility index (Phi) is 8.37. The molecular weight excluding hydrogens is 405 g/mol. The van der Waals surface area contributed by atoms with Crippen LogP contribution in [0, 0.1) is 5.92 Å². The van der Waals surface area contributed by atoms with Gasteiger partial charge in [-0.05, 0) is 43.2 Å². The standard InChI is InChI=1S/C21H29F3N2O2.ClH/c22-21(23,24)17-6-4-5-16(13-17)20(9-2-1-3-10-20)14-26-19(27)18(25)15-7-11-28-12-8-15;/h4-6,13,15,18H,1-3,7-12,14,25H2,(H,26,27);1H. The normalized spacial score (nSPS) is 21.1. The first kappa shape index (κ1) is 24.0. The summed E-state index contributed by atoms with van der Waals surface area (Å²) in [4.78, 5) is 12.6. The lowest BCUT2D eigenvalue weighted by atomic mass is 9.69. The van der Waals surface area contributed by atoms with Crippen LogP contribution in [0.15, 0.2) is 24.3 Å². The van der Waals surface area contributed by atoms with Gasteiger partial charge in [0.05, 0.1) is 11.6 Å². The van der Waals surface area contributed by atoms with Crippen molar-refractivity contribution in [2.45, 2.75) is 62.6 Å². The predicted molar refractivity (Wildman–Crippen MR) is 108 cm³/mol. The summed E-state index contributed by atoms with van der Waals surface area (Å²) in [7, 11) is 0. The van der Waals surface area contributed by atoms with Gasteiger partial charge in [-0.3, -0.25) is 4.79 Å². The number of carbonyl (C=O) groups is 1. The molecule has 1 saturated carbocycles. The summed E-state index contributed by atoms with van der Waals surface area (Å²) < 4.78 is 44.9. The summed E-state index contributed by atoms with van der Waals surface area (Å²) in [5.74, 6) is -0.131. The molecule has 2 fully saturated rings. The summed E-state index contributed by atoms with van der Waals surface area (Å²) in [5.41, 5.74) is 5.70. The average molecular weight is 435 g/mol. The van der Waals surface area contributed by atoms with Crippen LogP contribution in [0.5, 0.6) is 0 Å². The van der Waals surface area contributed by atoms with Crippen molar-refractivity contribution in [3.05, 3.63) is 35.4 Å². The topological polar surface area (TPSA) is 64.4 Å². The van der Waals surface area contributed by atoms with Crippen molar-refractivity contribution in [3.63, 3.8) is 0 Å². The highest BCUT2D eigenvalue weighted by atomic mass is 35.5. The first-order chi connectivity index (χ1) is 13.3. The van der Waals surface area contributed by atoms with Crippen LogP contribution < -0.4 is 11.1 Å². The van der Waals surface area contributed by atoms with E-state index in [2.05, 4.69) is 5.32 Å². The fourth-order valence-electron chi connectivity index (χ4n) is 4.48. The number of benzene rings is 1. The molecule has 4 nitrogen and oxygen atoms in total. The summed E-state index contributed by atoms with van der Waals surface area (Å²) in [6.07, 6.45) is 1.62. The van der Waals surface area contributed by atoms with Crippen molar-refractivity contribution < 1.29 is 22.7 Å². The van der Waals surface area contributed by atoms with Crippen LogP contribution in [-0.4, -0.2) is 31.7 Å². The fourth-order valence-corrected chi connectivity index (χ4v) is 4.48. The van der Waals surface area contributed by atoms with Crippen molar-refractivity contribution in [2.75, 3.05) is 19.8 Å². The first-order valence-corrected chi connectivity index (χ1v) is 10.1. The van der Waals surface area contributed by atoms with E-state index in [0.29, 0.717) is 25.3 Å². The molecule has 1 aliphatic carbocycles. The van der Waals surface area contributed by atoms with E-state index in [1.54, 1.807) is 6.07 Å². The lowest BCUT2D eigenvalue weighted by Crippen LogP contribution is -2.51. The fraction of sp³-hybridized carbons (Fsp3) is 0.667. The number of hydrogen-bond donors (Lipinski definition) is 2. The summed E-state index contributed by atoms with van der Waals surface area (Å²) >= 11 is 0. The van der Waals surface area contributed by atoms with Crippen LogP contribution in [0.3, 0.4) is 0 Å². The molecule has 0 bridgehead atoms. The Bertz CT molecular complexity index is 672. The van der Waals surface area contributed by atoms with Gasteiger partial charge >= 0.3 is 6.18 Å². The molecule has 0 spiro atoms. The average Bonchev–Trinajstić information content (AvgIpc) is 2.72. The van der Waals surface area contributed by atoms with Crippen molar-refractivity contribution in [1.82, 2.24) is 5.32 Å². The number of rotatable bonds is 5. The number of ether oxygens (including phenoxy) is 1. The number of alkyl halides is 3. The van der Waals surface area contributed by atoms with E-state index >= 15 is 0 Å². The van der Waals surface area contributed by atoms with E-state index in [0.717, 1.165) is 51.0 Å². The molecule has 1 aliphatic heterocycles. The molecular formula is C21H30ClF3N2O2. The summed E-state index contributed by atoms with van der Waals surface area (Å²) in [5, 5.41) is 2.96. The van der Waals surface area contributed by atoms with E-state index in [4.69, 9.17) is 10.5 Å². The highest BCUT2D eigenvalue weighted by molar-refractivity contribution is 5.85. The van der Waals surface area contributed by atoms with Crippen LogP contribution in [0.2, 0.25) is 0 Å². The van der Waals surface area contributed by atoms with E-state index in [1.807, 2.05) is 0 Å². The van der Waals surface area contributed by atoms with Crippen LogP contribution in [0.25, 0.3) is 0 Å². The molecule has 3 N–H and O–H groups in total. The van der Waals surface area contributed by atoms with E-state index in [9.17, 15) is 18.0 Å². The van der Waals surface area contributed by atoms with E-state index in [-0.39, 0.29) is 24.2 Å². The van der Waals surface area contributed by atoms with Crippen molar-refractivity contribution in [1.29, 1.82) is 0 Å². The number of carbonyl (C=O) groups excluding carboxylic acids is 1. The maximum atomic E-state index is 13.2. The number of halogens is 4. The van der Waals surface area contributed by atoms with Crippen molar-refractivity contribution in [3.8, 4) is 0 Å². The van der Waals surface area contributed by atoms with Gasteiger partial charge in [-0.1, -0.05) is 37.5 Å². The van der Waals surface area contributed by atoms with E-state index in [1.165, 1.54) is 12.1 Å². The number of amides is 1. The lowest BCUT2D eigenvalue weighted by molar-refractivity contribution is -0.137. The maximum absolute atomic E-state index is 13.2. The Hall–Kier alpha value is -1.31. The zero-order valence-corrected chi connectivity index (χ0v) is 17.3. The molecule has 8 heteroatoms. The smallest absolute Gasteiger partial charge is 0.381 e. The number of nitrogens with two attached hydrogens (primary N) is 1. The lowest BCUT2D eigenvalue weighted by Gasteiger charge is -2.39. The predicted octanol–water partition coefficient (Wildman–Crippen LogP) is 4.20. The highest BCUT2D eigenvalue weighted by Gasteiger charge is 2.38. The maximum Gasteiger partial charge on any atom is 0.416 e. The van der Waals surface area contributed by atoms with Gasteiger partial charge in [-0.25, -0.2) is 0 Å². The van der Waals surface area contributed by atoms with Crippen molar-refractivity contribution >= 4 is 18.3 Å². The Morgan fingerprint density at radius 2 is 1.86 bits per heavy atom. The number of hydrogen-bond acceptors (Lipinski definition) is 3. The largest absolute Gasteiger partial charge is 0.416 e.